The highest BCUT2D eigenvalue weighted by Crippen LogP contribution is 2.32. The lowest BCUT2D eigenvalue weighted by Crippen LogP contribution is -2.47. The minimum absolute atomic E-state index is 0.0871. The topological polar surface area (TPSA) is 71.1 Å². The van der Waals surface area contributed by atoms with Gasteiger partial charge in [0.15, 0.2) is 4.34 Å². The van der Waals surface area contributed by atoms with Crippen molar-refractivity contribution in [3.63, 3.8) is 0 Å². The highest BCUT2D eigenvalue weighted by atomic mass is 32.2. The Labute approximate surface area is 189 Å². The Kier molecular flexibility index (Phi) is 7.46. The SMILES string of the molecule is Cc1csc(Sc2ccc(NC(=O)C(NC(=O)c3ccccc3F)C(C)C)c(C)c2)n1. The van der Waals surface area contributed by atoms with E-state index in [4.69, 9.17) is 0 Å². The Morgan fingerprint density at radius 2 is 1.87 bits per heavy atom. The molecule has 0 aliphatic heterocycles. The number of anilines is 1. The van der Waals surface area contributed by atoms with Gasteiger partial charge in [0.1, 0.15) is 11.9 Å². The molecule has 0 saturated carbocycles. The summed E-state index contributed by atoms with van der Waals surface area (Å²) in [6.45, 7) is 7.53. The van der Waals surface area contributed by atoms with Gasteiger partial charge in [0, 0.05) is 21.7 Å². The van der Waals surface area contributed by atoms with Crippen LogP contribution >= 0.6 is 23.1 Å². The van der Waals surface area contributed by atoms with Crippen LogP contribution in [0.2, 0.25) is 0 Å². The first kappa shape index (κ1) is 23.0. The smallest absolute Gasteiger partial charge is 0.254 e. The standard InChI is InChI=1S/C23H24FN3O2S2/c1-13(2)20(27-21(28)17-7-5-6-8-18(17)24)22(29)26-19-10-9-16(11-14(19)3)31-23-25-15(4)12-30-23/h5-13,20H,1-4H3,(H,26,29)(H,27,28). The third-order valence-electron chi connectivity index (χ3n) is 4.61. The van der Waals surface area contributed by atoms with Crippen molar-refractivity contribution < 1.29 is 14.0 Å². The molecule has 1 unspecified atom stereocenters. The van der Waals surface area contributed by atoms with Gasteiger partial charge in [-0.05, 0) is 55.7 Å². The Bertz CT molecular complexity index is 1100. The van der Waals surface area contributed by atoms with Crippen LogP contribution in [0.15, 0.2) is 57.1 Å². The first-order valence-corrected chi connectivity index (χ1v) is 11.5. The van der Waals surface area contributed by atoms with Gasteiger partial charge in [-0.3, -0.25) is 9.59 Å². The van der Waals surface area contributed by atoms with Crippen LogP contribution in [-0.4, -0.2) is 22.8 Å². The largest absolute Gasteiger partial charge is 0.340 e. The van der Waals surface area contributed by atoms with Crippen LogP contribution in [0.4, 0.5) is 10.1 Å². The monoisotopic (exact) mass is 457 g/mol. The fourth-order valence-electron chi connectivity index (χ4n) is 2.93. The second-order valence-corrected chi connectivity index (χ2v) is 9.68. The van der Waals surface area contributed by atoms with Crippen LogP contribution in [0.5, 0.6) is 0 Å². The number of benzene rings is 2. The average Bonchev–Trinajstić information content (AvgIpc) is 3.12. The van der Waals surface area contributed by atoms with Crippen LogP contribution in [0.25, 0.3) is 0 Å². The number of nitrogens with zero attached hydrogens (tertiary/aromatic N) is 1. The molecule has 0 saturated heterocycles. The molecule has 162 valence electrons. The van der Waals surface area contributed by atoms with Crippen molar-refractivity contribution >= 4 is 40.6 Å². The number of amides is 2. The summed E-state index contributed by atoms with van der Waals surface area (Å²) >= 11 is 3.16. The lowest BCUT2D eigenvalue weighted by atomic mass is 10.0. The number of hydrogen-bond donors (Lipinski definition) is 2. The number of nitrogens with one attached hydrogen (secondary N) is 2. The van der Waals surface area contributed by atoms with Crippen LogP contribution < -0.4 is 10.6 Å². The molecule has 8 heteroatoms. The molecule has 0 fully saturated rings. The normalized spacial score (nSPS) is 11.9. The van der Waals surface area contributed by atoms with E-state index < -0.39 is 17.8 Å². The molecule has 1 aromatic heterocycles. The molecule has 5 nitrogen and oxygen atoms in total. The van der Waals surface area contributed by atoms with E-state index in [1.807, 2.05) is 51.3 Å². The number of rotatable bonds is 7. The number of hydrogen-bond acceptors (Lipinski definition) is 5. The highest BCUT2D eigenvalue weighted by Gasteiger charge is 2.26. The molecule has 2 amide bonds. The number of aryl methyl sites for hydroxylation is 2. The van der Waals surface area contributed by atoms with E-state index in [1.165, 1.54) is 18.2 Å². The molecule has 0 bridgehead atoms. The minimum Gasteiger partial charge on any atom is -0.340 e. The first-order chi connectivity index (χ1) is 14.7. The summed E-state index contributed by atoms with van der Waals surface area (Å²) in [5.41, 5.74) is 2.46. The molecule has 0 spiro atoms. The van der Waals surface area contributed by atoms with Gasteiger partial charge < -0.3 is 10.6 Å². The average molecular weight is 458 g/mol. The lowest BCUT2D eigenvalue weighted by molar-refractivity contribution is -0.118. The van der Waals surface area contributed by atoms with Crippen molar-refractivity contribution in [2.45, 2.75) is 43.0 Å². The Hall–Kier alpha value is -2.71. The predicted molar refractivity (Wildman–Crippen MR) is 123 cm³/mol. The van der Waals surface area contributed by atoms with E-state index in [-0.39, 0.29) is 17.4 Å². The number of aromatic nitrogens is 1. The minimum atomic E-state index is -0.807. The van der Waals surface area contributed by atoms with Gasteiger partial charge in [-0.25, -0.2) is 9.37 Å². The second-order valence-electron chi connectivity index (χ2n) is 7.50. The predicted octanol–water partition coefficient (Wildman–Crippen LogP) is 5.44. The van der Waals surface area contributed by atoms with Gasteiger partial charge in [-0.1, -0.05) is 37.7 Å². The van der Waals surface area contributed by atoms with E-state index in [0.717, 1.165) is 20.5 Å². The second kappa shape index (κ2) is 10.1. The molecule has 31 heavy (non-hydrogen) atoms. The van der Waals surface area contributed by atoms with Crippen molar-refractivity contribution in [3.8, 4) is 0 Å². The molecule has 0 radical (unpaired) electrons. The van der Waals surface area contributed by atoms with Gasteiger partial charge in [0.05, 0.1) is 5.56 Å². The zero-order valence-corrected chi connectivity index (χ0v) is 19.4. The molecule has 0 aliphatic rings. The number of carbonyl (C=O) groups is 2. The van der Waals surface area contributed by atoms with E-state index in [0.29, 0.717) is 5.69 Å². The van der Waals surface area contributed by atoms with Gasteiger partial charge >= 0.3 is 0 Å². The summed E-state index contributed by atoms with van der Waals surface area (Å²) in [7, 11) is 0. The van der Waals surface area contributed by atoms with E-state index in [9.17, 15) is 14.0 Å². The summed E-state index contributed by atoms with van der Waals surface area (Å²) in [4.78, 5) is 30.9. The molecule has 1 heterocycles. The summed E-state index contributed by atoms with van der Waals surface area (Å²) < 4.78 is 14.9. The Balaban J connectivity index is 1.70. The van der Waals surface area contributed by atoms with Crippen LogP contribution in [0, 0.1) is 25.6 Å². The lowest BCUT2D eigenvalue weighted by Gasteiger charge is -2.22. The number of halogens is 1. The van der Waals surface area contributed by atoms with Crippen LogP contribution in [0.3, 0.4) is 0 Å². The van der Waals surface area contributed by atoms with Crippen molar-refractivity contribution in [2.24, 2.45) is 5.92 Å². The quantitative estimate of drug-likeness (QED) is 0.495. The zero-order chi connectivity index (χ0) is 22.5. The molecule has 2 N–H and O–H groups in total. The molecular formula is C23H24FN3O2S2. The summed E-state index contributed by atoms with van der Waals surface area (Å²) in [5.74, 6) is -1.77. The van der Waals surface area contributed by atoms with Gasteiger partial charge in [-0.15, -0.1) is 11.3 Å². The van der Waals surface area contributed by atoms with Crippen molar-refractivity contribution in [2.75, 3.05) is 5.32 Å². The fraction of sp³-hybridized carbons (Fsp3) is 0.261. The van der Waals surface area contributed by atoms with Gasteiger partial charge in [-0.2, -0.15) is 0 Å². The first-order valence-electron chi connectivity index (χ1n) is 9.81. The van der Waals surface area contributed by atoms with Crippen molar-refractivity contribution in [1.29, 1.82) is 0 Å². The third-order valence-corrected chi connectivity index (χ3v) is 6.66. The Morgan fingerprint density at radius 3 is 2.48 bits per heavy atom. The van der Waals surface area contributed by atoms with E-state index in [1.54, 1.807) is 29.2 Å². The number of thiazole rings is 1. The van der Waals surface area contributed by atoms with Gasteiger partial charge in [0.2, 0.25) is 5.91 Å². The fourth-order valence-corrected chi connectivity index (χ4v) is 4.84. The maximum Gasteiger partial charge on any atom is 0.254 e. The number of carbonyl (C=O) groups excluding carboxylic acids is 2. The summed E-state index contributed by atoms with van der Waals surface area (Å²) in [6.07, 6.45) is 0. The molecular weight excluding hydrogens is 433 g/mol. The summed E-state index contributed by atoms with van der Waals surface area (Å²) in [6, 6.07) is 10.6. The maximum absolute atomic E-state index is 13.9. The van der Waals surface area contributed by atoms with Gasteiger partial charge in [0.25, 0.3) is 5.91 Å². The highest BCUT2D eigenvalue weighted by molar-refractivity contribution is 8.01. The molecule has 2 aromatic carbocycles. The Morgan fingerprint density at radius 1 is 1.13 bits per heavy atom. The summed E-state index contributed by atoms with van der Waals surface area (Å²) in [5, 5.41) is 7.55. The maximum atomic E-state index is 13.9. The molecule has 3 aromatic rings. The van der Waals surface area contributed by atoms with E-state index >= 15 is 0 Å². The third kappa shape index (κ3) is 5.92. The van der Waals surface area contributed by atoms with E-state index in [2.05, 4.69) is 15.6 Å². The van der Waals surface area contributed by atoms with Crippen LogP contribution in [-0.2, 0) is 4.79 Å². The van der Waals surface area contributed by atoms with Crippen molar-refractivity contribution in [3.05, 3.63) is 70.5 Å². The molecule has 3 rings (SSSR count). The van der Waals surface area contributed by atoms with Crippen molar-refractivity contribution in [1.82, 2.24) is 10.3 Å². The zero-order valence-electron chi connectivity index (χ0n) is 17.7. The van der Waals surface area contributed by atoms with Crippen LogP contribution in [0.1, 0.15) is 35.5 Å². The molecule has 0 aliphatic carbocycles. The molecule has 1 atom stereocenters.